The third kappa shape index (κ3) is 3.22. The molecule has 1 heterocycles. The summed E-state index contributed by atoms with van der Waals surface area (Å²) in [6.07, 6.45) is 4.56. The van der Waals surface area contributed by atoms with Gasteiger partial charge in [-0.1, -0.05) is 0 Å². The molecule has 0 bridgehead atoms. The van der Waals surface area contributed by atoms with Crippen LogP contribution < -0.4 is 15.8 Å². The largest absolute Gasteiger partial charge is 0.474 e. The number of nitrogens with two attached hydrogens (primary N) is 1. The summed E-state index contributed by atoms with van der Waals surface area (Å²) in [5, 5.41) is 2.93. The van der Waals surface area contributed by atoms with Gasteiger partial charge in [-0.2, -0.15) is 9.97 Å². The Balaban J connectivity index is 2.02. The van der Waals surface area contributed by atoms with Crippen LogP contribution in [-0.4, -0.2) is 36.3 Å². The van der Waals surface area contributed by atoms with E-state index in [0.717, 1.165) is 25.7 Å². The SMILES string of the molecule is CNc1cc(OC2CCCC(OC)C2)nc(N)n1. The topological polar surface area (TPSA) is 82.3 Å². The molecule has 18 heavy (non-hydrogen) atoms. The number of anilines is 2. The fourth-order valence-electron chi connectivity index (χ4n) is 2.23. The molecule has 0 amide bonds. The van der Waals surface area contributed by atoms with Crippen molar-refractivity contribution in [3.63, 3.8) is 0 Å². The molecule has 1 fully saturated rings. The number of hydrogen-bond acceptors (Lipinski definition) is 6. The predicted molar refractivity (Wildman–Crippen MR) is 69.7 cm³/mol. The van der Waals surface area contributed by atoms with Gasteiger partial charge in [0.1, 0.15) is 11.9 Å². The number of nitrogens with one attached hydrogen (secondary N) is 1. The summed E-state index contributed by atoms with van der Waals surface area (Å²) in [6.45, 7) is 0. The van der Waals surface area contributed by atoms with Crippen molar-refractivity contribution in [2.45, 2.75) is 37.9 Å². The first-order valence-electron chi connectivity index (χ1n) is 6.23. The molecule has 6 nitrogen and oxygen atoms in total. The number of rotatable bonds is 4. The minimum Gasteiger partial charge on any atom is -0.474 e. The van der Waals surface area contributed by atoms with Gasteiger partial charge in [0.05, 0.1) is 6.10 Å². The van der Waals surface area contributed by atoms with E-state index in [1.807, 2.05) is 0 Å². The summed E-state index contributed by atoms with van der Waals surface area (Å²) in [6, 6.07) is 1.76. The normalized spacial score (nSPS) is 23.7. The van der Waals surface area contributed by atoms with E-state index in [2.05, 4.69) is 15.3 Å². The molecule has 2 atom stereocenters. The molecule has 2 rings (SSSR count). The van der Waals surface area contributed by atoms with Gasteiger partial charge in [-0.15, -0.1) is 0 Å². The molecule has 3 N–H and O–H groups in total. The van der Waals surface area contributed by atoms with E-state index in [-0.39, 0.29) is 18.2 Å². The number of hydrogen-bond donors (Lipinski definition) is 2. The van der Waals surface area contributed by atoms with Crippen LogP contribution in [0.15, 0.2) is 6.07 Å². The Hall–Kier alpha value is -1.56. The van der Waals surface area contributed by atoms with E-state index in [4.69, 9.17) is 15.2 Å². The molecule has 0 aromatic carbocycles. The summed E-state index contributed by atoms with van der Waals surface area (Å²) in [5.74, 6) is 1.40. The molecule has 1 aromatic heterocycles. The molecule has 2 unspecified atom stereocenters. The Morgan fingerprint density at radius 3 is 2.83 bits per heavy atom. The van der Waals surface area contributed by atoms with Crippen molar-refractivity contribution in [3.05, 3.63) is 6.07 Å². The van der Waals surface area contributed by atoms with Crippen LogP contribution in [-0.2, 0) is 4.74 Å². The number of aromatic nitrogens is 2. The van der Waals surface area contributed by atoms with Crippen LogP contribution in [0.5, 0.6) is 5.88 Å². The van der Waals surface area contributed by atoms with E-state index in [9.17, 15) is 0 Å². The number of nitrogen functional groups attached to an aromatic ring is 1. The van der Waals surface area contributed by atoms with Crippen LogP contribution in [0.3, 0.4) is 0 Å². The Labute approximate surface area is 107 Å². The first kappa shape index (κ1) is 12.9. The second-order valence-corrected chi connectivity index (χ2v) is 4.46. The summed E-state index contributed by atoms with van der Waals surface area (Å²) < 4.78 is 11.2. The van der Waals surface area contributed by atoms with Gasteiger partial charge in [0, 0.05) is 26.6 Å². The summed E-state index contributed by atoms with van der Waals surface area (Å²) in [4.78, 5) is 8.12. The lowest BCUT2D eigenvalue weighted by atomic mass is 9.95. The number of nitrogens with zero attached hydrogens (tertiary/aromatic N) is 2. The monoisotopic (exact) mass is 252 g/mol. The number of methoxy groups -OCH3 is 1. The van der Waals surface area contributed by atoms with Gasteiger partial charge < -0.3 is 20.5 Å². The first-order chi connectivity index (χ1) is 8.71. The zero-order valence-electron chi connectivity index (χ0n) is 10.8. The molecule has 1 aromatic rings. The van der Waals surface area contributed by atoms with Crippen molar-refractivity contribution in [1.29, 1.82) is 0 Å². The van der Waals surface area contributed by atoms with Crippen molar-refractivity contribution in [2.75, 3.05) is 25.2 Å². The molecule has 1 saturated carbocycles. The third-order valence-corrected chi connectivity index (χ3v) is 3.17. The van der Waals surface area contributed by atoms with Gasteiger partial charge >= 0.3 is 0 Å². The summed E-state index contributed by atoms with van der Waals surface area (Å²) in [5.41, 5.74) is 5.63. The minimum atomic E-state index is 0.141. The second-order valence-electron chi connectivity index (χ2n) is 4.46. The van der Waals surface area contributed by atoms with E-state index >= 15 is 0 Å². The molecule has 0 saturated heterocycles. The lowest BCUT2D eigenvalue weighted by molar-refractivity contribution is 0.0195. The molecule has 1 aliphatic rings. The quantitative estimate of drug-likeness (QED) is 0.843. The van der Waals surface area contributed by atoms with Crippen LogP contribution in [0.1, 0.15) is 25.7 Å². The summed E-state index contributed by atoms with van der Waals surface area (Å²) >= 11 is 0. The van der Waals surface area contributed by atoms with Crippen molar-refractivity contribution in [2.24, 2.45) is 0 Å². The van der Waals surface area contributed by atoms with Crippen LogP contribution in [0, 0.1) is 0 Å². The van der Waals surface area contributed by atoms with Crippen molar-refractivity contribution in [1.82, 2.24) is 9.97 Å². The molecule has 0 aliphatic heterocycles. The maximum Gasteiger partial charge on any atom is 0.225 e. The minimum absolute atomic E-state index is 0.141. The molecule has 6 heteroatoms. The average molecular weight is 252 g/mol. The highest BCUT2D eigenvalue weighted by atomic mass is 16.5. The van der Waals surface area contributed by atoms with Crippen molar-refractivity contribution >= 4 is 11.8 Å². The zero-order valence-corrected chi connectivity index (χ0v) is 10.8. The molecular weight excluding hydrogens is 232 g/mol. The van der Waals surface area contributed by atoms with Crippen molar-refractivity contribution < 1.29 is 9.47 Å². The highest BCUT2D eigenvalue weighted by Crippen LogP contribution is 2.25. The highest BCUT2D eigenvalue weighted by molar-refractivity contribution is 5.42. The van der Waals surface area contributed by atoms with Gasteiger partial charge in [0.25, 0.3) is 0 Å². The lowest BCUT2D eigenvalue weighted by Gasteiger charge is -2.28. The van der Waals surface area contributed by atoms with Gasteiger partial charge in [0.15, 0.2) is 0 Å². The Morgan fingerprint density at radius 2 is 2.11 bits per heavy atom. The molecule has 0 radical (unpaired) electrons. The molecule has 100 valence electrons. The van der Waals surface area contributed by atoms with Gasteiger partial charge in [-0.25, -0.2) is 0 Å². The predicted octanol–water partition coefficient (Wildman–Crippen LogP) is 1.44. The Morgan fingerprint density at radius 1 is 1.33 bits per heavy atom. The fraction of sp³-hybridized carbons (Fsp3) is 0.667. The Kier molecular flexibility index (Phi) is 4.19. The van der Waals surface area contributed by atoms with Crippen LogP contribution in [0.2, 0.25) is 0 Å². The van der Waals surface area contributed by atoms with E-state index in [1.165, 1.54) is 0 Å². The summed E-state index contributed by atoms with van der Waals surface area (Å²) in [7, 11) is 3.53. The van der Waals surface area contributed by atoms with Crippen LogP contribution >= 0.6 is 0 Å². The van der Waals surface area contributed by atoms with E-state index < -0.39 is 0 Å². The average Bonchev–Trinajstić information content (AvgIpc) is 2.38. The fourth-order valence-corrected chi connectivity index (χ4v) is 2.23. The maximum atomic E-state index is 5.86. The molecule has 0 spiro atoms. The molecule has 1 aliphatic carbocycles. The van der Waals surface area contributed by atoms with E-state index in [1.54, 1.807) is 20.2 Å². The Bertz CT molecular complexity index is 400. The van der Waals surface area contributed by atoms with Gasteiger partial charge in [0.2, 0.25) is 11.8 Å². The smallest absolute Gasteiger partial charge is 0.225 e. The zero-order chi connectivity index (χ0) is 13.0. The van der Waals surface area contributed by atoms with Crippen LogP contribution in [0.25, 0.3) is 0 Å². The van der Waals surface area contributed by atoms with Crippen molar-refractivity contribution in [3.8, 4) is 5.88 Å². The lowest BCUT2D eigenvalue weighted by Crippen LogP contribution is -2.29. The highest BCUT2D eigenvalue weighted by Gasteiger charge is 2.23. The van der Waals surface area contributed by atoms with Gasteiger partial charge in [-0.05, 0) is 19.3 Å². The van der Waals surface area contributed by atoms with Gasteiger partial charge in [-0.3, -0.25) is 0 Å². The van der Waals surface area contributed by atoms with E-state index in [0.29, 0.717) is 11.7 Å². The standard InChI is InChI=1S/C12H20N4O2/c1-14-10-7-11(16-12(13)15-10)18-9-5-3-4-8(6-9)17-2/h7-9H,3-6H2,1-2H3,(H3,13,14,15,16). The van der Waals surface area contributed by atoms with Crippen LogP contribution in [0.4, 0.5) is 11.8 Å². The maximum absolute atomic E-state index is 5.86. The molecular formula is C12H20N4O2. The number of ether oxygens (including phenoxy) is 2. The second kappa shape index (κ2) is 5.86. The first-order valence-corrected chi connectivity index (χ1v) is 6.23. The third-order valence-electron chi connectivity index (χ3n) is 3.17.